The Kier molecular flexibility index (Phi) is 6.34. The highest BCUT2D eigenvalue weighted by Crippen LogP contribution is 2.31. The molecule has 0 heterocycles. The van der Waals surface area contributed by atoms with Gasteiger partial charge in [-0.1, -0.05) is 0 Å². The van der Waals surface area contributed by atoms with Gasteiger partial charge in [0.15, 0.2) is 6.10 Å². The molecule has 4 atom stereocenters. The van der Waals surface area contributed by atoms with Gasteiger partial charge in [-0.2, -0.15) is 0 Å². The lowest BCUT2D eigenvalue weighted by atomic mass is 10.0. The largest absolute Gasteiger partial charge is 0.479 e. The van der Waals surface area contributed by atoms with Crippen LogP contribution in [0.15, 0.2) is 0 Å². The maximum atomic E-state index is 10.8. The minimum Gasteiger partial charge on any atom is -0.479 e. The molecule has 16 heavy (non-hydrogen) atoms. The first-order valence-electron chi connectivity index (χ1n) is 3.67. The SMILES string of the molecule is O=C(O)[C@@H](O)[C@H](O)[C@H](O)[C@@](I)(OI)C(=O)O. The molecule has 0 bridgehead atoms. The molecular formula is C6H8I2O8. The second-order valence-electron chi connectivity index (χ2n) is 2.75. The van der Waals surface area contributed by atoms with Crippen molar-refractivity contribution in [3.05, 3.63) is 0 Å². The van der Waals surface area contributed by atoms with Crippen LogP contribution in [0.5, 0.6) is 0 Å². The van der Waals surface area contributed by atoms with Gasteiger partial charge in [-0.05, 0) is 22.6 Å². The Hall–Kier alpha value is 0.240. The molecule has 10 heteroatoms. The van der Waals surface area contributed by atoms with Crippen molar-refractivity contribution in [3.8, 4) is 0 Å². The molecule has 8 nitrogen and oxygen atoms in total. The first kappa shape index (κ1) is 16.2. The molecule has 0 saturated heterocycles. The molecule has 0 unspecified atom stereocenters. The number of aliphatic carboxylic acids is 2. The van der Waals surface area contributed by atoms with Crippen LogP contribution in [0.3, 0.4) is 0 Å². The van der Waals surface area contributed by atoms with Gasteiger partial charge in [0.25, 0.3) is 3.61 Å². The average molecular weight is 462 g/mol. The number of hydrogen-bond acceptors (Lipinski definition) is 6. The monoisotopic (exact) mass is 462 g/mol. The van der Waals surface area contributed by atoms with Crippen LogP contribution in [0.1, 0.15) is 0 Å². The van der Waals surface area contributed by atoms with Crippen LogP contribution >= 0.6 is 45.6 Å². The molecule has 0 spiro atoms. The molecule has 0 aromatic heterocycles. The Morgan fingerprint density at radius 2 is 1.62 bits per heavy atom. The van der Waals surface area contributed by atoms with Gasteiger partial charge in [-0.3, -0.25) is 3.07 Å². The fourth-order valence-corrected chi connectivity index (χ4v) is 1.56. The number of rotatable bonds is 6. The van der Waals surface area contributed by atoms with Gasteiger partial charge in [0, 0.05) is 0 Å². The van der Waals surface area contributed by atoms with Gasteiger partial charge in [0.05, 0.1) is 0 Å². The lowest BCUT2D eigenvalue weighted by Gasteiger charge is -2.29. The smallest absolute Gasteiger partial charge is 0.350 e. The molecule has 0 fully saturated rings. The second kappa shape index (κ2) is 6.25. The molecule has 94 valence electrons. The summed E-state index contributed by atoms with van der Waals surface area (Å²) in [6, 6.07) is 0. The number of carboxylic acids is 2. The van der Waals surface area contributed by atoms with Crippen molar-refractivity contribution in [3.63, 3.8) is 0 Å². The Balaban J connectivity index is 4.96. The first-order chi connectivity index (χ1) is 7.18. The van der Waals surface area contributed by atoms with E-state index in [1.54, 1.807) is 0 Å². The number of alkyl halides is 1. The van der Waals surface area contributed by atoms with Crippen LogP contribution in [0, 0.1) is 0 Å². The van der Waals surface area contributed by atoms with Crippen LogP contribution in [-0.2, 0) is 12.7 Å². The van der Waals surface area contributed by atoms with E-state index in [0.717, 1.165) is 0 Å². The normalized spacial score (nSPS) is 20.6. The molecule has 0 radical (unpaired) electrons. The van der Waals surface area contributed by atoms with E-state index in [9.17, 15) is 19.8 Å². The summed E-state index contributed by atoms with van der Waals surface area (Å²) >= 11 is 2.37. The predicted molar refractivity (Wildman–Crippen MR) is 65.1 cm³/mol. The summed E-state index contributed by atoms with van der Waals surface area (Å²) in [7, 11) is 0. The Bertz CT molecular complexity index is 284. The molecule has 5 N–H and O–H groups in total. The highest BCUT2D eigenvalue weighted by molar-refractivity contribution is 14.1. The predicted octanol–water partition coefficient (Wildman–Crippen LogP) is -1.26. The van der Waals surface area contributed by atoms with Crippen LogP contribution < -0.4 is 0 Å². The van der Waals surface area contributed by atoms with Crippen LogP contribution in [0.25, 0.3) is 0 Å². The van der Waals surface area contributed by atoms with Crippen molar-refractivity contribution in [1.29, 1.82) is 0 Å². The summed E-state index contributed by atoms with van der Waals surface area (Å²) in [6.45, 7) is 0. The molecule has 0 aliphatic carbocycles. The summed E-state index contributed by atoms with van der Waals surface area (Å²) < 4.78 is 2.20. The molecule has 0 saturated carbocycles. The third kappa shape index (κ3) is 3.36. The van der Waals surface area contributed by atoms with Crippen LogP contribution in [0.4, 0.5) is 0 Å². The van der Waals surface area contributed by atoms with Gasteiger partial charge < -0.3 is 25.5 Å². The number of aliphatic hydroxyl groups is 3. The minimum absolute atomic E-state index is 1.18. The van der Waals surface area contributed by atoms with Crippen LogP contribution in [0.2, 0.25) is 0 Å². The van der Waals surface area contributed by atoms with E-state index in [0.29, 0.717) is 0 Å². The third-order valence-corrected chi connectivity index (χ3v) is 4.54. The van der Waals surface area contributed by atoms with E-state index in [-0.39, 0.29) is 0 Å². The molecule has 0 rings (SSSR count). The topological polar surface area (TPSA) is 145 Å². The zero-order chi connectivity index (χ0) is 13.1. The molecular weight excluding hydrogens is 454 g/mol. The van der Waals surface area contributed by atoms with E-state index in [1.807, 2.05) is 0 Å². The standard InChI is InChI=1S/C6H8I2O8/c7-6(16-8,5(14)15)3(11)1(9)2(10)4(12)13/h1-3,9-11H,(H,12,13)(H,14,15)/t1-,2-,3-,6+/m0/s1. The van der Waals surface area contributed by atoms with Gasteiger partial charge >= 0.3 is 11.9 Å². The second-order valence-corrected chi connectivity index (χ2v) is 4.79. The maximum Gasteiger partial charge on any atom is 0.350 e. The summed E-state index contributed by atoms with van der Waals surface area (Å²) in [5.74, 6) is -3.41. The van der Waals surface area contributed by atoms with Crippen molar-refractivity contribution < 1.29 is 38.2 Å². The number of aliphatic hydroxyl groups excluding tert-OH is 3. The Labute approximate surface area is 117 Å². The van der Waals surface area contributed by atoms with E-state index < -0.39 is 33.9 Å². The summed E-state index contributed by atoms with van der Waals surface area (Å²) in [5, 5.41) is 44.7. The van der Waals surface area contributed by atoms with E-state index >= 15 is 0 Å². The third-order valence-electron chi connectivity index (χ3n) is 1.68. The van der Waals surface area contributed by atoms with E-state index in [2.05, 4.69) is 3.07 Å². The van der Waals surface area contributed by atoms with Crippen molar-refractivity contribution >= 4 is 57.5 Å². The number of hydrogen-bond donors (Lipinski definition) is 5. The van der Waals surface area contributed by atoms with E-state index in [1.165, 1.54) is 45.6 Å². The molecule has 0 aromatic rings. The Morgan fingerprint density at radius 3 is 1.88 bits per heavy atom. The van der Waals surface area contributed by atoms with Crippen molar-refractivity contribution in [2.75, 3.05) is 0 Å². The zero-order valence-electron chi connectivity index (χ0n) is 7.45. The lowest BCUT2D eigenvalue weighted by Crippen LogP contribution is -2.55. The molecule has 0 amide bonds. The highest BCUT2D eigenvalue weighted by Gasteiger charge is 2.50. The van der Waals surface area contributed by atoms with Gasteiger partial charge in [0.2, 0.25) is 0 Å². The van der Waals surface area contributed by atoms with Gasteiger partial charge in [0.1, 0.15) is 35.2 Å². The number of carboxylic acid groups (broad SMARTS) is 2. The summed E-state index contributed by atoms with van der Waals surface area (Å²) in [4.78, 5) is 21.1. The summed E-state index contributed by atoms with van der Waals surface area (Å²) in [6.07, 6.45) is -6.62. The minimum atomic E-state index is -2.31. The zero-order valence-corrected chi connectivity index (χ0v) is 11.8. The highest BCUT2D eigenvalue weighted by atomic mass is 127. The fraction of sp³-hybridized carbons (Fsp3) is 0.667. The van der Waals surface area contributed by atoms with Crippen molar-refractivity contribution in [2.24, 2.45) is 0 Å². The van der Waals surface area contributed by atoms with Gasteiger partial charge in [-0.15, -0.1) is 0 Å². The van der Waals surface area contributed by atoms with Crippen molar-refractivity contribution in [2.45, 2.75) is 21.9 Å². The fourth-order valence-electron chi connectivity index (χ4n) is 0.744. The Morgan fingerprint density at radius 1 is 1.19 bits per heavy atom. The maximum absolute atomic E-state index is 10.8. The molecule has 0 aliphatic rings. The van der Waals surface area contributed by atoms with Gasteiger partial charge in [-0.25, -0.2) is 9.59 Å². The van der Waals surface area contributed by atoms with Crippen LogP contribution in [-0.4, -0.2) is 59.4 Å². The average Bonchev–Trinajstić information content (AvgIpc) is 2.24. The molecule has 0 aliphatic heterocycles. The summed E-state index contributed by atoms with van der Waals surface area (Å²) in [5.41, 5.74) is 0. The van der Waals surface area contributed by atoms with E-state index in [4.69, 9.17) is 15.3 Å². The van der Waals surface area contributed by atoms with Crippen molar-refractivity contribution in [1.82, 2.24) is 0 Å². The number of halogens is 2. The number of carbonyl (C=O) groups is 2. The lowest BCUT2D eigenvalue weighted by molar-refractivity contribution is -0.170. The first-order valence-corrected chi connectivity index (χ1v) is 5.63. The molecule has 0 aromatic carbocycles. The quantitative estimate of drug-likeness (QED) is 0.243.